The Morgan fingerprint density at radius 2 is 2.00 bits per heavy atom. The molecule has 0 radical (unpaired) electrons. The lowest BCUT2D eigenvalue weighted by molar-refractivity contribution is -0.139. The summed E-state index contributed by atoms with van der Waals surface area (Å²) >= 11 is 5.16. The van der Waals surface area contributed by atoms with E-state index in [0.717, 1.165) is 37.1 Å². The van der Waals surface area contributed by atoms with Gasteiger partial charge in [-0.1, -0.05) is 20.3 Å². The Balaban J connectivity index is 2.60. The van der Waals surface area contributed by atoms with Crippen molar-refractivity contribution in [3.05, 3.63) is 29.8 Å². The number of ether oxygens (including phenoxy) is 1. The Hall–Kier alpha value is -2.15. The molecule has 3 N–H and O–H groups in total. The van der Waals surface area contributed by atoms with Crippen molar-refractivity contribution in [3.8, 4) is 5.75 Å². The van der Waals surface area contributed by atoms with Gasteiger partial charge in [-0.15, -0.1) is 0 Å². The molecule has 7 heteroatoms. The number of carboxylic acid groups (broad SMARTS) is 1. The lowest BCUT2D eigenvalue weighted by atomic mass is 10.1. The van der Waals surface area contributed by atoms with Crippen molar-refractivity contribution in [2.24, 2.45) is 5.10 Å². The van der Waals surface area contributed by atoms with Crippen LogP contribution in [0.5, 0.6) is 5.75 Å². The summed E-state index contributed by atoms with van der Waals surface area (Å²) in [6.45, 7) is 4.60. The molecule has 6 nitrogen and oxygen atoms in total. The summed E-state index contributed by atoms with van der Waals surface area (Å²) in [6.07, 6.45) is 2.90. The molecule has 126 valence electrons. The highest BCUT2D eigenvalue weighted by Gasteiger charge is 2.04. The quantitative estimate of drug-likeness (QED) is 0.278. The lowest BCUT2D eigenvalue weighted by Crippen LogP contribution is -2.33. The molecule has 1 aromatic rings. The molecule has 0 bridgehead atoms. The summed E-state index contributed by atoms with van der Waals surface area (Å²) in [5, 5.41) is 16.5. The maximum Gasteiger partial charge on any atom is 0.341 e. The number of hydrogen-bond donors (Lipinski definition) is 3. The second-order valence-electron chi connectivity index (χ2n) is 4.84. The summed E-state index contributed by atoms with van der Waals surface area (Å²) in [6, 6.07) is 7.13. The maximum atomic E-state index is 10.5. The fourth-order valence-corrected chi connectivity index (χ4v) is 1.92. The van der Waals surface area contributed by atoms with Crippen LogP contribution in [0.1, 0.15) is 38.7 Å². The number of hydrazone groups is 1. The number of thiocarbonyl (C=S) groups is 1. The molecular formula is C16H23N3O3S. The first-order chi connectivity index (χ1) is 11.1. The van der Waals surface area contributed by atoms with Crippen molar-refractivity contribution >= 4 is 29.0 Å². The van der Waals surface area contributed by atoms with E-state index in [0.29, 0.717) is 10.9 Å². The fraction of sp³-hybridized carbons (Fsp3) is 0.438. The molecule has 0 aliphatic rings. The Morgan fingerprint density at radius 1 is 1.30 bits per heavy atom. The molecule has 0 heterocycles. The van der Waals surface area contributed by atoms with Crippen molar-refractivity contribution in [2.45, 2.75) is 33.1 Å². The predicted molar refractivity (Wildman–Crippen MR) is 95.0 cm³/mol. The monoisotopic (exact) mass is 337 g/mol. The fourth-order valence-electron chi connectivity index (χ4n) is 1.77. The summed E-state index contributed by atoms with van der Waals surface area (Å²) < 4.78 is 5.10. The van der Waals surface area contributed by atoms with E-state index in [1.807, 2.05) is 19.1 Å². The number of benzene rings is 1. The zero-order valence-corrected chi connectivity index (χ0v) is 14.3. The van der Waals surface area contributed by atoms with E-state index in [4.69, 9.17) is 22.1 Å². The van der Waals surface area contributed by atoms with Crippen LogP contribution in [-0.4, -0.2) is 35.1 Å². The summed E-state index contributed by atoms with van der Waals surface area (Å²) in [7, 11) is 0. The molecular weight excluding hydrogens is 314 g/mol. The molecule has 0 saturated carbocycles. The zero-order valence-electron chi connectivity index (χ0n) is 13.5. The summed E-state index contributed by atoms with van der Waals surface area (Å²) in [5.74, 6) is -0.491. The molecule has 1 aromatic carbocycles. The van der Waals surface area contributed by atoms with E-state index in [-0.39, 0.29) is 6.61 Å². The van der Waals surface area contributed by atoms with Gasteiger partial charge in [0.1, 0.15) is 5.75 Å². The Labute approximate surface area is 141 Å². The van der Waals surface area contributed by atoms with Crippen LogP contribution >= 0.6 is 12.2 Å². The van der Waals surface area contributed by atoms with Gasteiger partial charge in [-0.05, 0) is 54.9 Å². The van der Waals surface area contributed by atoms with Gasteiger partial charge in [0.2, 0.25) is 0 Å². The van der Waals surface area contributed by atoms with Gasteiger partial charge in [0, 0.05) is 6.54 Å². The third-order valence-corrected chi connectivity index (χ3v) is 3.23. The molecule has 0 aromatic heterocycles. The van der Waals surface area contributed by atoms with E-state index in [1.54, 1.807) is 12.1 Å². The van der Waals surface area contributed by atoms with Crippen molar-refractivity contribution in [2.75, 3.05) is 13.2 Å². The van der Waals surface area contributed by atoms with E-state index in [2.05, 4.69) is 22.8 Å². The van der Waals surface area contributed by atoms with Gasteiger partial charge < -0.3 is 15.2 Å². The number of unbranched alkanes of at least 4 members (excludes halogenated alkanes) is 1. The first kappa shape index (κ1) is 18.9. The number of carbonyl (C=O) groups is 1. The van der Waals surface area contributed by atoms with Crippen LogP contribution in [0, 0.1) is 0 Å². The average Bonchev–Trinajstić information content (AvgIpc) is 2.54. The smallest absolute Gasteiger partial charge is 0.341 e. The SMILES string of the molecule is CCCCNC(=S)N/N=C(/CC)c1ccc(OCC(=O)O)cc1. The number of carboxylic acids is 1. The molecule has 0 saturated heterocycles. The maximum absolute atomic E-state index is 10.5. The van der Waals surface area contributed by atoms with Gasteiger partial charge >= 0.3 is 5.97 Å². The van der Waals surface area contributed by atoms with Crippen LogP contribution in [0.25, 0.3) is 0 Å². The van der Waals surface area contributed by atoms with Gasteiger partial charge in [-0.2, -0.15) is 5.10 Å². The van der Waals surface area contributed by atoms with Crippen molar-refractivity contribution in [1.82, 2.24) is 10.7 Å². The molecule has 0 fully saturated rings. The van der Waals surface area contributed by atoms with Crippen LogP contribution in [0.2, 0.25) is 0 Å². The topological polar surface area (TPSA) is 83.0 Å². The number of rotatable bonds is 9. The number of hydrogen-bond acceptors (Lipinski definition) is 4. The lowest BCUT2D eigenvalue weighted by Gasteiger charge is -2.09. The molecule has 0 atom stereocenters. The van der Waals surface area contributed by atoms with Crippen LogP contribution < -0.4 is 15.5 Å². The second-order valence-corrected chi connectivity index (χ2v) is 5.25. The summed E-state index contributed by atoms with van der Waals surface area (Å²) in [4.78, 5) is 10.5. The minimum atomic E-state index is -1.00. The van der Waals surface area contributed by atoms with E-state index >= 15 is 0 Å². The first-order valence-electron chi connectivity index (χ1n) is 7.62. The van der Waals surface area contributed by atoms with Crippen LogP contribution in [-0.2, 0) is 4.79 Å². The highest BCUT2D eigenvalue weighted by atomic mass is 32.1. The second kappa shape index (κ2) is 10.6. The largest absolute Gasteiger partial charge is 0.482 e. The molecule has 0 unspecified atom stereocenters. The van der Waals surface area contributed by atoms with Gasteiger partial charge in [0.05, 0.1) is 5.71 Å². The highest BCUT2D eigenvalue weighted by Crippen LogP contribution is 2.13. The van der Waals surface area contributed by atoms with Crippen LogP contribution in [0.3, 0.4) is 0 Å². The standard InChI is InChI=1S/C16H23N3O3S/c1-3-5-10-17-16(23)19-18-14(4-2)12-6-8-13(9-7-12)22-11-15(20)21/h6-9H,3-5,10-11H2,1-2H3,(H,20,21)(H2,17,19,23)/b18-14-. The van der Waals surface area contributed by atoms with Gasteiger partial charge in [-0.25, -0.2) is 4.79 Å². The number of nitrogens with zero attached hydrogens (tertiary/aromatic N) is 1. The van der Waals surface area contributed by atoms with Crippen molar-refractivity contribution in [1.29, 1.82) is 0 Å². The van der Waals surface area contributed by atoms with Gasteiger partial charge in [-0.3, -0.25) is 5.43 Å². The van der Waals surface area contributed by atoms with E-state index < -0.39 is 5.97 Å². The van der Waals surface area contributed by atoms with Crippen molar-refractivity contribution in [3.63, 3.8) is 0 Å². The van der Waals surface area contributed by atoms with E-state index in [1.165, 1.54) is 0 Å². The molecule has 0 aliphatic heterocycles. The van der Waals surface area contributed by atoms with Gasteiger partial charge in [0.15, 0.2) is 11.7 Å². The molecule has 0 spiro atoms. The first-order valence-corrected chi connectivity index (χ1v) is 8.03. The zero-order chi connectivity index (χ0) is 17.1. The predicted octanol–water partition coefficient (Wildman–Crippen LogP) is 2.53. The Bertz CT molecular complexity index is 544. The Kier molecular flexibility index (Phi) is 8.67. The van der Waals surface area contributed by atoms with Crippen molar-refractivity contribution < 1.29 is 14.6 Å². The minimum absolute atomic E-state index is 0.354. The number of nitrogens with one attached hydrogen (secondary N) is 2. The van der Waals surface area contributed by atoms with Crippen LogP contribution in [0.15, 0.2) is 29.4 Å². The number of aliphatic carboxylic acids is 1. The molecule has 1 rings (SSSR count). The highest BCUT2D eigenvalue weighted by molar-refractivity contribution is 7.80. The normalized spacial score (nSPS) is 11.0. The van der Waals surface area contributed by atoms with E-state index in [9.17, 15) is 4.79 Å². The molecule has 0 aliphatic carbocycles. The third-order valence-electron chi connectivity index (χ3n) is 2.99. The average molecular weight is 337 g/mol. The molecule has 0 amide bonds. The molecule has 23 heavy (non-hydrogen) atoms. The minimum Gasteiger partial charge on any atom is -0.482 e. The van der Waals surface area contributed by atoms with Crippen LogP contribution in [0.4, 0.5) is 0 Å². The third kappa shape index (κ3) is 7.60. The Morgan fingerprint density at radius 3 is 2.57 bits per heavy atom. The summed E-state index contributed by atoms with van der Waals surface area (Å²) in [5.41, 5.74) is 4.63. The van der Waals surface area contributed by atoms with Gasteiger partial charge in [0.25, 0.3) is 0 Å².